The fraction of sp³-hybridized carbons (Fsp3) is 0.643. The van der Waals surface area contributed by atoms with Crippen LogP contribution >= 0.6 is 11.3 Å². The van der Waals surface area contributed by atoms with Gasteiger partial charge in [0, 0.05) is 12.6 Å². The van der Waals surface area contributed by atoms with Gasteiger partial charge in [-0.2, -0.15) is 0 Å². The van der Waals surface area contributed by atoms with Gasteiger partial charge in [-0.1, -0.05) is 19.8 Å². The van der Waals surface area contributed by atoms with Crippen LogP contribution in [0.4, 0.5) is 0 Å². The summed E-state index contributed by atoms with van der Waals surface area (Å²) in [5.41, 5.74) is 0.942. The summed E-state index contributed by atoms with van der Waals surface area (Å²) in [6, 6.07) is 2.38. The normalized spacial score (nSPS) is 11.4. The number of carboxylic acids is 1. The lowest BCUT2D eigenvalue weighted by molar-refractivity contribution is 0.0699. The largest absolute Gasteiger partial charge is 0.477 e. The number of rotatable bonds is 8. The van der Waals surface area contributed by atoms with Gasteiger partial charge in [0.2, 0.25) is 0 Å². The molecule has 1 N–H and O–H groups in total. The maximum atomic E-state index is 11.1. The van der Waals surface area contributed by atoms with Crippen LogP contribution < -0.4 is 0 Å². The average Bonchev–Trinajstić information content (AvgIpc) is 2.76. The van der Waals surface area contributed by atoms with Crippen LogP contribution in [0.1, 0.15) is 55.3 Å². The standard InChI is InChI=1S/C14H23NO2S/c1-4-5-6-8-15(11(2)3)10-12-7-9-18-13(12)14(16)17/h7,9,11H,4-6,8,10H2,1-3H3,(H,16,17). The fourth-order valence-electron chi connectivity index (χ4n) is 1.95. The zero-order valence-corrected chi connectivity index (χ0v) is 12.3. The zero-order valence-electron chi connectivity index (χ0n) is 11.5. The topological polar surface area (TPSA) is 40.5 Å². The SMILES string of the molecule is CCCCCN(Cc1ccsc1C(=O)O)C(C)C. The highest BCUT2D eigenvalue weighted by Crippen LogP contribution is 2.20. The van der Waals surface area contributed by atoms with E-state index in [0.717, 1.165) is 18.7 Å². The van der Waals surface area contributed by atoms with Crippen LogP contribution in [0.5, 0.6) is 0 Å². The molecule has 1 heterocycles. The highest BCUT2D eigenvalue weighted by atomic mass is 32.1. The van der Waals surface area contributed by atoms with E-state index in [2.05, 4.69) is 25.7 Å². The molecular formula is C14H23NO2S. The predicted molar refractivity (Wildman–Crippen MR) is 76.3 cm³/mol. The monoisotopic (exact) mass is 269 g/mol. The van der Waals surface area contributed by atoms with Crippen molar-refractivity contribution in [3.8, 4) is 0 Å². The van der Waals surface area contributed by atoms with Crippen molar-refractivity contribution in [2.24, 2.45) is 0 Å². The van der Waals surface area contributed by atoms with Crippen LogP contribution in [0.3, 0.4) is 0 Å². The first kappa shape index (κ1) is 15.2. The van der Waals surface area contributed by atoms with E-state index in [1.807, 2.05) is 11.4 Å². The summed E-state index contributed by atoms with van der Waals surface area (Å²) < 4.78 is 0. The van der Waals surface area contributed by atoms with Crippen LogP contribution in [-0.2, 0) is 6.54 Å². The minimum absolute atomic E-state index is 0.448. The van der Waals surface area contributed by atoms with E-state index >= 15 is 0 Å². The Kier molecular flexibility index (Phi) is 6.36. The van der Waals surface area contributed by atoms with Gasteiger partial charge in [0.05, 0.1) is 0 Å². The summed E-state index contributed by atoms with van der Waals surface area (Å²) in [5.74, 6) is -0.808. The summed E-state index contributed by atoms with van der Waals surface area (Å²) in [7, 11) is 0. The third-order valence-electron chi connectivity index (χ3n) is 3.09. The zero-order chi connectivity index (χ0) is 13.5. The number of nitrogens with zero attached hydrogens (tertiary/aromatic N) is 1. The Morgan fingerprint density at radius 1 is 1.44 bits per heavy atom. The number of unbranched alkanes of at least 4 members (excludes halogenated alkanes) is 2. The quantitative estimate of drug-likeness (QED) is 0.729. The third-order valence-corrected chi connectivity index (χ3v) is 4.04. The van der Waals surface area contributed by atoms with Gasteiger partial charge in [-0.3, -0.25) is 4.90 Å². The fourth-order valence-corrected chi connectivity index (χ4v) is 2.70. The van der Waals surface area contributed by atoms with Crippen LogP contribution in [-0.4, -0.2) is 28.6 Å². The predicted octanol–water partition coefficient (Wildman–Crippen LogP) is 3.85. The molecule has 0 radical (unpaired) electrons. The summed E-state index contributed by atoms with van der Waals surface area (Å²) in [4.78, 5) is 13.9. The molecule has 102 valence electrons. The number of carboxylic acid groups (broad SMARTS) is 1. The van der Waals surface area contributed by atoms with Gasteiger partial charge in [0.25, 0.3) is 0 Å². The van der Waals surface area contributed by atoms with E-state index in [4.69, 9.17) is 5.11 Å². The molecule has 0 aliphatic carbocycles. The Hall–Kier alpha value is -0.870. The van der Waals surface area contributed by atoms with Crippen molar-refractivity contribution in [2.75, 3.05) is 6.54 Å². The van der Waals surface area contributed by atoms with Gasteiger partial charge in [-0.25, -0.2) is 4.79 Å². The molecule has 0 atom stereocenters. The van der Waals surface area contributed by atoms with Crippen molar-refractivity contribution in [1.82, 2.24) is 4.90 Å². The Labute approximate surface area is 113 Å². The Morgan fingerprint density at radius 3 is 2.72 bits per heavy atom. The Balaban J connectivity index is 2.65. The molecule has 3 nitrogen and oxygen atoms in total. The lowest BCUT2D eigenvalue weighted by atomic mass is 10.1. The molecule has 1 aromatic heterocycles. The maximum absolute atomic E-state index is 11.1. The Bertz CT molecular complexity index is 374. The summed E-state index contributed by atoms with van der Waals surface area (Å²) in [6.45, 7) is 8.31. The van der Waals surface area contributed by atoms with Gasteiger partial charge < -0.3 is 5.11 Å². The van der Waals surface area contributed by atoms with Crippen LogP contribution in [0.15, 0.2) is 11.4 Å². The second-order valence-corrected chi connectivity index (χ2v) is 5.77. The molecule has 0 spiro atoms. The molecule has 0 amide bonds. The van der Waals surface area contributed by atoms with E-state index in [1.54, 1.807) is 0 Å². The molecule has 1 aromatic rings. The summed E-state index contributed by atoms with van der Waals surface area (Å²) in [6.07, 6.45) is 3.63. The van der Waals surface area contributed by atoms with Crippen molar-refractivity contribution in [1.29, 1.82) is 0 Å². The first-order valence-corrected chi connectivity index (χ1v) is 7.48. The van der Waals surface area contributed by atoms with Crippen LogP contribution in [0.2, 0.25) is 0 Å². The number of hydrogen-bond donors (Lipinski definition) is 1. The minimum atomic E-state index is -0.808. The molecular weight excluding hydrogens is 246 g/mol. The number of hydrogen-bond acceptors (Lipinski definition) is 3. The van der Waals surface area contributed by atoms with Crippen LogP contribution in [0, 0.1) is 0 Å². The average molecular weight is 269 g/mol. The van der Waals surface area contributed by atoms with Crippen LogP contribution in [0.25, 0.3) is 0 Å². The molecule has 0 unspecified atom stereocenters. The minimum Gasteiger partial charge on any atom is -0.477 e. The molecule has 0 aliphatic heterocycles. The number of aromatic carboxylic acids is 1. The molecule has 0 aliphatic rings. The second-order valence-electron chi connectivity index (χ2n) is 4.85. The highest BCUT2D eigenvalue weighted by molar-refractivity contribution is 7.12. The van der Waals surface area contributed by atoms with Crippen molar-refractivity contribution in [2.45, 2.75) is 52.6 Å². The Morgan fingerprint density at radius 2 is 2.17 bits per heavy atom. The lowest BCUT2D eigenvalue weighted by Crippen LogP contribution is -2.31. The molecule has 0 saturated carbocycles. The first-order valence-electron chi connectivity index (χ1n) is 6.60. The molecule has 0 bridgehead atoms. The molecule has 0 saturated heterocycles. The van der Waals surface area contributed by atoms with E-state index in [-0.39, 0.29) is 0 Å². The molecule has 1 rings (SSSR count). The van der Waals surface area contributed by atoms with E-state index in [0.29, 0.717) is 10.9 Å². The van der Waals surface area contributed by atoms with E-state index < -0.39 is 5.97 Å². The summed E-state index contributed by atoms with van der Waals surface area (Å²) in [5, 5.41) is 11.0. The first-order chi connectivity index (χ1) is 8.56. The number of thiophene rings is 1. The van der Waals surface area contributed by atoms with Crippen molar-refractivity contribution >= 4 is 17.3 Å². The van der Waals surface area contributed by atoms with Gasteiger partial charge >= 0.3 is 5.97 Å². The van der Waals surface area contributed by atoms with Gasteiger partial charge in [-0.05, 0) is 43.8 Å². The second kappa shape index (κ2) is 7.54. The third kappa shape index (κ3) is 4.42. The smallest absolute Gasteiger partial charge is 0.346 e. The summed E-state index contributed by atoms with van der Waals surface area (Å²) >= 11 is 1.31. The lowest BCUT2D eigenvalue weighted by Gasteiger charge is -2.26. The van der Waals surface area contributed by atoms with Crippen molar-refractivity contribution < 1.29 is 9.90 Å². The molecule has 0 aromatic carbocycles. The highest BCUT2D eigenvalue weighted by Gasteiger charge is 2.16. The van der Waals surface area contributed by atoms with E-state index in [1.165, 1.54) is 30.6 Å². The van der Waals surface area contributed by atoms with Gasteiger partial charge in [0.1, 0.15) is 4.88 Å². The molecule has 4 heteroatoms. The van der Waals surface area contributed by atoms with Gasteiger partial charge in [-0.15, -0.1) is 11.3 Å². The van der Waals surface area contributed by atoms with E-state index in [9.17, 15) is 4.79 Å². The number of carbonyl (C=O) groups is 1. The van der Waals surface area contributed by atoms with Crippen molar-refractivity contribution in [3.05, 3.63) is 21.9 Å². The maximum Gasteiger partial charge on any atom is 0.346 e. The van der Waals surface area contributed by atoms with Gasteiger partial charge in [0.15, 0.2) is 0 Å². The molecule has 18 heavy (non-hydrogen) atoms. The van der Waals surface area contributed by atoms with Crippen molar-refractivity contribution in [3.63, 3.8) is 0 Å². The molecule has 0 fully saturated rings.